The fraction of sp³-hybridized carbons (Fsp3) is 0.211. The summed E-state index contributed by atoms with van der Waals surface area (Å²) in [5.41, 5.74) is 17.8. The number of nitrogens with zero attached hydrogens (tertiary/aromatic N) is 6. The molecule has 96 heavy (non-hydrogen) atoms. The number of nitro benzene ring substituents is 2. The van der Waals surface area contributed by atoms with Gasteiger partial charge in [0.15, 0.2) is 24.5 Å². The maximum absolute atomic E-state index is 11.6. The lowest BCUT2D eigenvalue weighted by molar-refractivity contribution is -2.00. The van der Waals surface area contributed by atoms with Crippen molar-refractivity contribution in [2.24, 2.45) is 0 Å². The van der Waals surface area contributed by atoms with Crippen molar-refractivity contribution in [2.45, 2.75) is 89.1 Å². The molecule has 4 aliphatic rings. The van der Waals surface area contributed by atoms with Crippen LogP contribution in [0.2, 0.25) is 0 Å². The van der Waals surface area contributed by atoms with Gasteiger partial charge in [0.25, 0.3) is 11.4 Å². The van der Waals surface area contributed by atoms with E-state index in [1.807, 2.05) is 24.3 Å². The SMILES string of the molecule is CN1/C(=C/C=C/C2=[N+](Cc3ccc(C[N+]4=C(/C=C/C=C5/N(C)c6ccccc6C5(C)Cc5ccc([N+](=O)[O-])cc5)C(C)(C)c5c4ccc4ccccc54)cc3)c3ccc4ccccc4c3C2(C)C)C(C)(Cc2ccc([N+](=O)[O-])cc2)c2ccccc21.[O-][Cl+3]([O-])([O-])[O-].[O-][Cl+3]([O-])([O-])[O-]. The molecular weight excluding hydrogens is 1260 g/mol. The fourth-order valence-electron chi connectivity index (χ4n) is 15.0. The van der Waals surface area contributed by atoms with Gasteiger partial charge in [-0.15, -0.1) is 20.5 Å². The third-order valence-electron chi connectivity index (χ3n) is 19.2. The summed E-state index contributed by atoms with van der Waals surface area (Å²) in [6.07, 6.45) is 15.0. The fourth-order valence-corrected chi connectivity index (χ4v) is 15.0. The maximum atomic E-state index is 11.6. The Morgan fingerprint density at radius 1 is 0.417 bits per heavy atom. The highest BCUT2D eigenvalue weighted by atomic mass is 35.7. The van der Waals surface area contributed by atoms with Gasteiger partial charge in [-0.3, -0.25) is 20.2 Å². The Bertz CT molecular complexity index is 4410. The van der Waals surface area contributed by atoms with E-state index in [0.29, 0.717) is 25.9 Å². The number of hydrogen-bond donors (Lipinski definition) is 0. The molecule has 0 saturated heterocycles. The molecule has 9 aromatic rings. The molecule has 0 radical (unpaired) electrons. The van der Waals surface area contributed by atoms with E-state index in [1.165, 1.54) is 77.7 Å². The van der Waals surface area contributed by atoms with Gasteiger partial charge in [-0.05, 0) is 135 Å². The van der Waals surface area contributed by atoms with E-state index in [0.717, 1.165) is 33.9 Å². The quantitative estimate of drug-likeness (QED) is 0.0575. The molecule has 0 bridgehead atoms. The van der Waals surface area contributed by atoms with Crippen molar-refractivity contribution in [3.8, 4) is 0 Å². The summed E-state index contributed by atoms with van der Waals surface area (Å²) in [5, 5.41) is 28.1. The molecule has 4 aliphatic heterocycles. The number of hydrogen-bond acceptors (Lipinski definition) is 14. The highest BCUT2D eigenvalue weighted by Gasteiger charge is 2.48. The minimum Gasteiger partial charge on any atom is -0.347 e. The van der Waals surface area contributed by atoms with Crippen LogP contribution in [0, 0.1) is 40.7 Å². The summed E-state index contributed by atoms with van der Waals surface area (Å²) < 4.78 is 73.0. The minimum atomic E-state index is -4.94. The molecule has 0 spiro atoms. The first kappa shape index (κ1) is 67.9. The standard InChI is InChI=1S/C76H70N6O4.2ClHO4/c1-73(2)67(27-17-29-69-75(5,61-23-13-15-25-63(61)77(69)7)47-51-35-41-57(42-36-51)81(83)84)79(65-45-39-55-19-9-11-21-59(55)71(65)73)49-53-31-33-54(34-32-53)50-80-66-46-40-56-20-10-12-22-60(56)72(66)74(3,4)68(80)28-18-30-70-76(6,62-24-14-16-26-64(62)78(70)8)48-52-37-43-58(44-38-52)82(85)86;2*2-1(3,4)5/h9-46H,47-50H2,1-8H3;2*(H,2,3,4,5)/q+2;;/p-2. The number of benzene rings is 9. The van der Waals surface area contributed by atoms with Crippen molar-refractivity contribution in [2.75, 3.05) is 23.9 Å². The zero-order chi connectivity index (χ0) is 68.9. The number of likely N-dealkylation sites (N-methyl/N-ethyl adjacent to an activating group) is 2. The molecule has 18 nitrogen and oxygen atoms in total. The lowest BCUT2D eigenvalue weighted by atomic mass is 9.76. The predicted molar refractivity (Wildman–Crippen MR) is 350 cm³/mol. The molecule has 490 valence electrons. The smallest absolute Gasteiger partial charge is 0.269 e. The van der Waals surface area contributed by atoms with Gasteiger partial charge < -0.3 is 9.80 Å². The summed E-state index contributed by atoms with van der Waals surface area (Å²) in [6, 6.07) is 67.0. The van der Waals surface area contributed by atoms with E-state index in [9.17, 15) is 20.2 Å². The molecule has 0 amide bonds. The molecule has 2 unspecified atom stereocenters. The van der Waals surface area contributed by atoms with Gasteiger partial charge in [-0.25, -0.2) is 37.3 Å². The highest BCUT2D eigenvalue weighted by molar-refractivity contribution is 6.09. The Balaban J connectivity index is 0.000000873. The molecule has 0 aliphatic carbocycles. The molecular formula is C76H70Cl2N6O12. The Labute approximate surface area is 560 Å². The van der Waals surface area contributed by atoms with Crippen molar-refractivity contribution >= 4 is 67.1 Å². The van der Waals surface area contributed by atoms with Gasteiger partial charge in [-0.2, -0.15) is 9.15 Å². The number of fused-ring (bicyclic) bond motifs is 8. The van der Waals surface area contributed by atoms with Crippen LogP contribution in [-0.4, -0.2) is 44.5 Å². The highest BCUT2D eigenvalue weighted by Crippen LogP contribution is 2.52. The van der Waals surface area contributed by atoms with E-state index in [1.54, 1.807) is 24.3 Å². The Hall–Kier alpha value is -9.54. The van der Waals surface area contributed by atoms with Crippen LogP contribution < -0.4 is 47.1 Å². The monoisotopic (exact) mass is 1330 g/mol. The van der Waals surface area contributed by atoms with Crippen LogP contribution in [0.3, 0.4) is 0 Å². The van der Waals surface area contributed by atoms with Crippen molar-refractivity contribution in [1.29, 1.82) is 0 Å². The number of allylic oxidation sites excluding steroid dienone is 8. The second kappa shape index (κ2) is 26.2. The maximum Gasteiger partial charge on any atom is 0.269 e. The van der Waals surface area contributed by atoms with Crippen LogP contribution in [0.1, 0.15) is 86.1 Å². The number of para-hydroxylation sites is 2. The molecule has 0 fully saturated rings. The molecule has 4 heterocycles. The number of non-ortho nitro benzene ring substituents is 2. The summed E-state index contributed by atoms with van der Waals surface area (Å²) in [6.45, 7) is 15.4. The molecule has 20 heteroatoms. The number of anilines is 2. The molecule has 0 saturated carbocycles. The van der Waals surface area contributed by atoms with Gasteiger partial charge in [-0.1, -0.05) is 146 Å². The van der Waals surface area contributed by atoms with Crippen molar-refractivity contribution in [3.05, 3.63) is 307 Å². The van der Waals surface area contributed by atoms with Crippen LogP contribution >= 0.6 is 0 Å². The van der Waals surface area contributed by atoms with Gasteiger partial charge in [0.2, 0.25) is 11.4 Å². The molecule has 13 rings (SSSR count). The lowest BCUT2D eigenvalue weighted by Gasteiger charge is -2.29. The van der Waals surface area contributed by atoms with E-state index in [2.05, 4.69) is 257 Å². The summed E-state index contributed by atoms with van der Waals surface area (Å²) in [4.78, 5) is 27.1. The van der Waals surface area contributed by atoms with Gasteiger partial charge in [0.05, 0.1) is 20.7 Å². The van der Waals surface area contributed by atoms with Crippen LogP contribution in [0.25, 0.3) is 21.5 Å². The average molecular weight is 1330 g/mol. The molecule has 0 aromatic heterocycles. The van der Waals surface area contributed by atoms with Crippen molar-refractivity contribution < 1.29 is 76.8 Å². The third kappa shape index (κ3) is 13.5. The first-order valence-electron chi connectivity index (χ1n) is 30.9. The van der Waals surface area contributed by atoms with Crippen molar-refractivity contribution in [1.82, 2.24) is 0 Å². The van der Waals surface area contributed by atoms with E-state index in [-0.39, 0.29) is 32.1 Å². The topological polar surface area (TPSA) is 283 Å². The third-order valence-corrected chi connectivity index (χ3v) is 19.2. The molecule has 9 aromatic carbocycles. The van der Waals surface area contributed by atoms with Crippen LogP contribution in [0.5, 0.6) is 0 Å². The largest absolute Gasteiger partial charge is 0.347 e. The van der Waals surface area contributed by atoms with Crippen LogP contribution in [0.4, 0.5) is 34.1 Å². The Morgan fingerprint density at radius 2 is 0.729 bits per heavy atom. The zero-order valence-corrected chi connectivity index (χ0v) is 55.6. The van der Waals surface area contributed by atoms with Gasteiger partial charge in [0, 0.05) is 118 Å². The second-order valence-electron chi connectivity index (χ2n) is 26.0. The summed E-state index contributed by atoms with van der Waals surface area (Å²) in [5.74, 6) is 0. The molecule has 0 N–H and O–H groups in total. The number of halogens is 2. The van der Waals surface area contributed by atoms with Crippen LogP contribution in [0.15, 0.2) is 242 Å². The summed E-state index contributed by atoms with van der Waals surface area (Å²) >= 11 is 0. The van der Waals surface area contributed by atoms with E-state index in [4.69, 9.17) is 37.3 Å². The Kier molecular flexibility index (Phi) is 18.5. The van der Waals surface area contributed by atoms with E-state index < -0.39 is 31.3 Å². The summed E-state index contributed by atoms with van der Waals surface area (Å²) in [7, 11) is -5.61. The number of nitro groups is 2. The number of rotatable bonds is 14. The molecule has 2 atom stereocenters. The normalized spacial score (nSPS) is 19.2. The first-order chi connectivity index (χ1) is 45.4. The average Bonchev–Trinajstić information content (AvgIpc) is 1.59. The van der Waals surface area contributed by atoms with Gasteiger partial charge in [0.1, 0.15) is 0 Å². The zero-order valence-electron chi connectivity index (χ0n) is 54.1. The Morgan fingerprint density at radius 3 is 1.07 bits per heavy atom. The van der Waals surface area contributed by atoms with Crippen molar-refractivity contribution in [3.63, 3.8) is 0 Å². The lowest BCUT2D eigenvalue weighted by Crippen LogP contribution is -2.68. The first-order valence-corrected chi connectivity index (χ1v) is 33.4. The van der Waals surface area contributed by atoms with Gasteiger partial charge >= 0.3 is 0 Å². The minimum absolute atomic E-state index is 0.0923. The van der Waals surface area contributed by atoms with E-state index >= 15 is 0 Å². The predicted octanol–water partition coefficient (Wildman–Crippen LogP) is 7.63. The second-order valence-corrected chi connectivity index (χ2v) is 27.5. The van der Waals surface area contributed by atoms with Crippen LogP contribution in [-0.2, 0) is 47.6 Å².